The number of sulfonamides is 1. The van der Waals surface area contributed by atoms with E-state index in [9.17, 15) is 35.2 Å². The van der Waals surface area contributed by atoms with Crippen molar-refractivity contribution in [3.05, 3.63) is 65.2 Å². The number of nitrogens with zero attached hydrogens (tertiary/aromatic N) is 5. The van der Waals surface area contributed by atoms with Crippen LogP contribution >= 0.6 is 11.6 Å². The lowest BCUT2D eigenvalue weighted by Crippen LogP contribution is -2.48. The zero-order chi connectivity index (χ0) is 27.1. The van der Waals surface area contributed by atoms with E-state index in [0.717, 1.165) is 45.6 Å². The Hall–Kier alpha value is -3.17. The number of hydrogen-bond acceptors (Lipinski definition) is 6. The fourth-order valence-electron chi connectivity index (χ4n) is 3.82. The van der Waals surface area contributed by atoms with Crippen LogP contribution in [0.5, 0.6) is 0 Å². The van der Waals surface area contributed by atoms with Crippen molar-refractivity contribution in [2.24, 2.45) is 0 Å². The Morgan fingerprint density at radius 2 is 1.81 bits per heavy atom. The third-order valence-electron chi connectivity index (χ3n) is 5.72. The monoisotopic (exact) mass is 564 g/mol. The van der Waals surface area contributed by atoms with E-state index in [-0.39, 0.29) is 27.8 Å². The molecule has 0 aliphatic carbocycles. The maximum absolute atomic E-state index is 14.5. The maximum Gasteiger partial charge on any atom is 0.451 e. The molecule has 0 bridgehead atoms. The SMILES string of the molecule is C[C@H]1[C@H](F)C[C@@H](C(=O)NCc2cn(-c3cnc(C(F)(F)F)nc3)nc2Cl)N1S(=O)(=O)c1ccc(F)cc1. The van der Waals surface area contributed by atoms with Crippen molar-refractivity contribution in [1.82, 2.24) is 29.4 Å². The number of hydrogen-bond donors (Lipinski definition) is 1. The summed E-state index contributed by atoms with van der Waals surface area (Å²) in [7, 11) is -4.34. The Bertz CT molecular complexity index is 1400. The number of alkyl halides is 4. The first-order chi connectivity index (χ1) is 17.3. The van der Waals surface area contributed by atoms with Crippen molar-refractivity contribution in [2.75, 3.05) is 0 Å². The molecule has 1 fully saturated rings. The van der Waals surface area contributed by atoms with Gasteiger partial charge in [-0.3, -0.25) is 4.79 Å². The van der Waals surface area contributed by atoms with Crippen LogP contribution in [0.15, 0.2) is 47.8 Å². The Kier molecular flexibility index (Phi) is 7.23. The second-order valence-corrected chi connectivity index (χ2v) is 10.4. The van der Waals surface area contributed by atoms with Gasteiger partial charge in [-0.1, -0.05) is 11.6 Å². The molecule has 1 N–H and O–H groups in total. The van der Waals surface area contributed by atoms with E-state index in [0.29, 0.717) is 0 Å². The summed E-state index contributed by atoms with van der Waals surface area (Å²) in [4.78, 5) is 19.1. The van der Waals surface area contributed by atoms with Crippen molar-refractivity contribution in [3.63, 3.8) is 0 Å². The lowest BCUT2D eigenvalue weighted by Gasteiger charge is -2.26. The molecule has 16 heteroatoms. The number of carbonyl (C=O) groups excluding carboxylic acids is 1. The summed E-state index contributed by atoms with van der Waals surface area (Å²) < 4.78 is 93.9. The summed E-state index contributed by atoms with van der Waals surface area (Å²) in [6, 6.07) is 1.39. The van der Waals surface area contributed by atoms with E-state index in [1.54, 1.807) is 0 Å². The quantitative estimate of drug-likeness (QED) is 0.460. The molecule has 0 unspecified atom stereocenters. The molecule has 2 aromatic heterocycles. The molecule has 3 aromatic rings. The number of nitrogens with one attached hydrogen (secondary N) is 1. The summed E-state index contributed by atoms with van der Waals surface area (Å²) in [6.45, 7) is 1.08. The number of benzene rings is 1. The van der Waals surface area contributed by atoms with Crippen molar-refractivity contribution < 1.29 is 35.2 Å². The molecule has 3 heterocycles. The molecular weight excluding hydrogens is 547 g/mol. The largest absolute Gasteiger partial charge is 0.451 e. The summed E-state index contributed by atoms with van der Waals surface area (Å²) >= 11 is 6.08. The summed E-state index contributed by atoms with van der Waals surface area (Å²) in [5, 5.41) is 6.34. The van der Waals surface area contributed by atoms with Gasteiger partial charge in [-0.2, -0.15) is 22.6 Å². The zero-order valence-electron chi connectivity index (χ0n) is 18.8. The van der Waals surface area contributed by atoms with Gasteiger partial charge in [0, 0.05) is 24.7 Å². The standard InChI is InChI=1S/C21H18ClF5N6O3S/c1-11-16(24)6-17(33(11)37(35,36)15-4-2-13(23)3-5-15)19(34)28-7-12-10-32(31-18(12)22)14-8-29-20(30-9-14)21(25,26)27/h2-5,8-11,16-17H,6-7H2,1H3,(H,28,34)/t11-,16+,17-/m0/s1. The van der Waals surface area contributed by atoms with Gasteiger partial charge in [-0.05, 0) is 31.2 Å². The average Bonchev–Trinajstić information content (AvgIpc) is 3.36. The van der Waals surface area contributed by atoms with Gasteiger partial charge < -0.3 is 5.32 Å². The molecule has 0 spiro atoms. The lowest BCUT2D eigenvalue weighted by molar-refractivity contribution is -0.145. The highest BCUT2D eigenvalue weighted by Crippen LogP contribution is 2.33. The van der Waals surface area contributed by atoms with Crippen LogP contribution in [0.2, 0.25) is 5.15 Å². The number of amides is 1. The molecule has 1 aliphatic heterocycles. The van der Waals surface area contributed by atoms with Crippen molar-refractivity contribution in [3.8, 4) is 5.69 Å². The minimum Gasteiger partial charge on any atom is -0.350 e. The highest BCUT2D eigenvalue weighted by molar-refractivity contribution is 7.89. The van der Waals surface area contributed by atoms with E-state index in [1.165, 1.54) is 13.1 Å². The van der Waals surface area contributed by atoms with Crippen LogP contribution in [0.4, 0.5) is 22.0 Å². The molecule has 198 valence electrons. The number of rotatable bonds is 6. The van der Waals surface area contributed by atoms with Gasteiger partial charge in [-0.15, -0.1) is 0 Å². The van der Waals surface area contributed by atoms with E-state index < -0.39 is 58.4 Å². The van der Waals surface area contributed by atoms with Gasteiger partial charge in [0.05, 0.1) is 23.3 Å². The van der Waals surface area contributed by atoms with Crippen LogP contribution in [-0.4, -0.2) is 56.6 Å². The van der Waals surface area contributed by atoms with Gasteiger partial charge in [0.2, 0.25) is 21.8 Å². The minimum atomic E-state index is -4.72. The Morgan fingerprint density at radius 3 is 2.41 bits per heavy atom. The van der Waals surface area contributed by atoms with Crippen molar-refractivity contribution in [2.45, 2.75) is 49.2 Å². The van der Waals surface area contributed by atoms with Crippen molar-refractivity contribution in [1.29, 1.82) is 0 Å². The molecular formula is C21H18ClF5N6O3S. The third kappa shape index (κ3) is 5.43. The van der Waals surface area contributed by atoms with E-state index in [4.69, 9.17) is 11.6 Å². The summed E-state index contributed by atoms with van der Waals surface area (Å²) in [5.41, 5.74) is 0.305. The number of aromatic nitrogens is 4. The van der Waals surface area contributed by atoms with Gasteiger partial charge in [0.1, 0.15) is 23.7 Å². The smallest absolute Gasteiger partial charge is 0.350 e. The maximum atomic E-state index is 14.5. The Balaban J connectivity index is 1.50. The molecule has 37 heavy (non-hydrogen) atoms. The van der Waals surface area contributed by atoms with Crippen LogP contribution in [0, 0.1) is 5.82 Å². The van der Waals surface area contributed by atoms with Crippen LogP contribution < -0.4 is 5.32 Å². The molecule has 4 rings (SSSR count). The lowest BCUT2D eigenvalue weighted by atomic mass is 10.1. The zero-order valence-corrected chi connectivity index (χ0v) is 20.4. The first kappa shape index (κ1) is 26.9. The molecule has 3 atom stereocenters. The van der Waals surface area contributed by atoms with E-state index in [2.05, 4.69) is 20.4 Å². The Labute approximate surface area is 212 Å². The van der Waals surface area contributed by atoms with Gasteiger partial charge in [0.25, 0.3) is 0 Å². The van der Waals surface area contributed by atoms with Gasteiger partial charge in [-0.25, -0.2) is 31.8 Å². The van der Waals surface area contributed by atoms with Crippen LogP contribution in [0.1, 0.15) is 24.7 Å². The first-order valence-corrected chi connectivity index (χ1v) is 12.5. The predicted molar refractivity (Wildman–Crippen MR) is 119 cm³/mol. The first-order valence-electron chi connectivity index (χ1n) is 10.6. The Morgan fingerprint density at radius 1 is 1.19 bits per heavy atom. The molecule has 1 aromatic carbocycles. The number of halogens is 6. The fourth-order valence-corrected chi connectivity index (χ4v) is 5.83. The average molecular weight is 565 g/mol. The normalized spacial score (nSPS) is 20.8. The third-order valence-corrected chi connectivity index (χ3v) is 8.05. The molecule has 1 aliphatic rings. The van der Waals surface area contributed by atoms with Crippen molar-refractivity contribution >= 4 is 27.5 Å². The van der Waals surface area contributed by atoms with Crippen LogP contribution in [0.25, 0.3) is 5.69 Å². The minimum absolute atomic E-state index is 0.0638. The topological polar surface area (TPSA) is 110 Å². The van der Waals surface area contributed by atoms with Crippen LogP contribution in [-0.2, 0) is 27.5 Å². The predicted octanol–water partition coefficient (Wildman–Crippen LogP) is 3.28. The summed E-state index contributed by atoms with van der Waals surface area (Å²) in [5.74, 6) is -2.80. The van der Waals surface area contributed by atoms with Gasteiger partial charge in [0.15, 0.2) is 5.15 Å². The molecule has 1 amide bonds. The fraction of sp³-hybridized carbons (Fsp3) is 0.333. The summed E-state index contributed by atoms with van der Waals surface area (Å²) in [6.07, 6.45) is -3.65. The van der Waals surface area contributed by atoms with E-state index in [1.807, 2.05) is 0 Å². The van der Waals surface area contributed by atoms with Gasteiger partial charge >= 0.3 is 6.18 Å². The molecule has 0 radical (unpaired) electrons. The molecule has 0 saturated carbocycles. The highest BCUT2D eigenvalue weighted by Gasteiger charge is 2.49. The highest BCUT2D eigenvalue weighted by atomic mass is 35.5. The second kappa shape index (κ2) is 9.95. The van der Waals surface area contributed by atoms with Crippen LogP contribution in [0.3, 0.4) is 0 Å². The molecule has 1 saturated heterocycles. The molecule has 9 nitrogen and oxygen atoms in total. The number of carbonyl (C=O) groups is 1. The second-order valence-electron chi connectivity index (χ2n) is 8.17. The van der Waals surface area contributed by atoms with E-state index >= 15 is 0 Å².